The summed E-state index contributed by atoms with van der Waals surface area (Å²) in [6, 6.07) is 11.5. The molecule has 1 aromatic heterocycles. The molecule has 1 aliphatic rings. The molecule has 0 spiro atoms. The first-order valence-corrected chi connectivity index (χ1v) is 9.12. The molecule has 2 aromatic carbocycles. The minimum atomic E-state index is -0.623. The van der Waals surface area contributed by atoms with Gasteiger partial charge in [-0.3, -0.25) is 9.59 Å². The van der Waals surface area contributed by atoms with Crippen LogP contribution in [-0.2, 0) is 0 Å². The number of nitrogens with zero attached hydrogens (tertiary/aromatic N) is 1. The van der Waals surface area contributed by atoms with Gasteiger partial charge in [-0.15, -0.1) is 0 Å². The lowest BCUT2D eigenvalue weighted by molar-refractivity contribution is 0.0691. The van der Waals surface area contributed by atoms with Gasteiger partial charge in [-0.25, -0.2) is 0 Å². The molecule has 7 heteroatoms. The fraction of sp³-hybridized carbons (Fsp3) is 0.158. The Bertz CT molecular complexity index is 1090. The number of halogens is 2. The van der Waals surface area contributed by atoms with Crippen molar-refractivity contribution in [2.75, 3.05) is 13.2 Å². The Morgan fingerprint density at radius 2 is 2.00 bits per heavy atom. The van der Waals surface area contributed by atoms with Crippen LogP contribution in [0.3, 0.4) is 0 Å². The molecule has 132 valence electrons. The van der Waals surface area contributed by atoms with E-state index in [1.807, 2.05) is 24.3 Å². The molecule has 1 amide bonds. The number of fused-ring (bicyclic) bond motifs is 2. The highest BCUT2D eigenvalue weighted by atomic mass is 79.9. The summed E-state index contributed by atoms with van der Waals surface area (Å²) in [5.74, 6) is -0.392. The highest BCUT2D eigenvalue weighted by molar-refractivity contribution is 9.10. The Balaban J connectivity index is 2.03. The van der Waals surface area contributed by atoms with Crippen molar-refractivity contribution in [1.82, 2.24) is 4.90 Å². The summed E-state index contributed by atoms with van der Waals surface area (Å²) in [7, 11) is 0. The topological polar surface area (TPSA) is 70.8 Å². The van der Waals surface area contributed by atoms with E-state index in [0.29, 0.717) is 16.0 Å². The number of aliphatic hydroxyl groups excluding tert-OH is 1. The molecule has 0 saturated carbocycles. The third-order valence-electron chi connectivity index (χ3n) is 4.43. The Morgan fingerprint density at radius 3 is 2.73 bits per heavy atom. The van der Waals surface area contributed by atoms with Crippen LogP contribution in [0.5, 0.6) is 0 Å². The van der Waals surface area contributed by atoms with E-state index < -0.39 is 11.9 Å². The van der Waals surface area contributed by atoms with Crippen LogP contribution in [-0.4, -0.2) is 29.1 Å². The summed E-state index contributed by atoms with van der Waals surface area (Å²) in [4.78, 5) is 27.5. The van der Waals surface area contributed by atoms with Gasteiger partial charge in [-0.05, 0) is 35.9 Å². The van der Waals surface area contributed by atoms with Crippen LogP contribution >= 0.6 is 27.5 Å². The Labute approximate surface area is 161 Å². The van der Waals surface area contributed by atoms with Crippen LogP contribution in [0, 0.1) is 0 Å². The molecule has 1 aliphatic heterocycles. The number of amides is 1. The van der Waals surface area contributed by atoms with Crippen molar-refractivity contribution >= 4 is 44.4 Å². The highest BCUT2D eigenvalue weighted by Crippen LogP contribution is 2.38. The maximum absolute atomic E-state index is 13.2. The van der Waals surface area contributed by atoms with Crippen molar-refractivity contribution in [3.05, 3.63) is 79.1 Å². The first-order valence-electron chi connectivity index (χ1n) is 7.95. The largest absolute Gasteiger partial charge is 0.450 e. The fourth-order valence-corrected chi connectivity index (χ4v) is 3.94. The number of hydrogen-bond acceptors (Lipinski definition) is 4. The molecule has 1 N–H and O–H groups in total. The first kappa shape index (κ1) is 17.3. The average molecular weight is 435 g/mol. The molecule has 1 atom stereocenters. The van der Waals surface area contributed by atoms with Crippen molar-refractivity contribution in [3.63, 3.8) is 0 Å². The summed E-state index contributed by atoms with van der Waals surface area (Å²) >= 11 is 9.44. The lowest BCUT2D eigenvalue weighted by Gasteiger charge is -2.24. The molecule has 0 saturated heterocycles. The van der Waals surface area contributed by atoms with Crippen LogP contribution in [0.4, 0.5) is 0 Å². The van der Waals surface area contributed by atoms with E-state index >= 15 is 0 Å². The smallest absolute Gasteiger partial charge is 0.290 e. The predicted octanol–water partition coefficient (Wildman–Crippen LogP) is 3.75. The molecule has 0 fully saturated rings. The first-order chi connectivity index (χ1) is 12.5. The van der Waals surface area contributed by atoms with Crippen molar-refractivity contribution in [3.8, 4) is 0 Å². The zero-order valence-corrected chi connectivity index (χ0v) is 15.8. The predicted molar refractivity (Wildman–Crippen MR) is 102 cm³/mol. The van der Waals surface area contributed by atoms with Gasteiger partial charge in [-0.1, -0.05) is 39.7 Å². The summed E-state index contributed by atoms with van der Waals surface area (Å²) in [6.07, 6.45) is 0. The molecule has 4 rings (SSSR count). The molecule has 3 aromatic rings. The number of aliphatic hydroxyl groups is 1. The molecule has 26 heavy (non-hydrogen) atoms. The Morgan fingerprint density at radius 1 is 1.19 bits per heavy atom. The van der Waals surface area contributed by atoms with Crippen molar-refractivity contribution < 1.29 is 14.3 Å². The van der Waals surface area contributed by atoms with Crippen molar-refractivity contribution in [2.45, 2.75) is 6.04 Å². The van der Waals surface area contributed by atoms with Crippen LogP contribution in [0.2, 0.25) is 5.02 Å². The number of benzene rings is 2. The standard InChI is InChI=1S/C19H13BrClNO4/c20-11-3-1-2-10(8-11)16-15-17(24)13-9-12(21)4-5-14(13)26-18(15)19(25)22(16)6-7-23/h1-5,8-9,16,23H,6-7H2/t16-/m0/s1. The second-order valence-corrected chi connectivity index (χ2v) is 7.35. The lowest BCUT2D eigenvalue weighted by atomic mass is 9.98. The van der Waals surface area contributed by atoms with E-state index in [0.717, 1.165) is 10.0 Å². The molecule has 0 aliphatic carbocycles. The molecular formula is C19H13BrClNO4. The van der Waals surface area contributed by atoms with E-state index in [2.05, 4.69) is 15.9 Å². The van der Waals surface area contributed by atoms with E-state index in [9.17, 15) is 14.7 Å². The maximum atomic E-state index is 13.2. The van der Waals surface area contributed by atoms with Crippen LogP contribution in [0.1, 0.15) is 27.7 Å². The summed E-state index contributed by atoms with van der Waals surface area (Å²) in [5.41, 5.74) is 1.05. The zero-order chi connectivity index (χ0) is 18.4. The van der Waals surface area contributed by atoms with Gasteiger partial charge in [0.05, 0.1) is 23.6 Å². The van der Waals surface area contributed by atoms with Crippen LogP contribution in [0.15, 0.2) is 56.1 Å². The van der Waals surface area contributed by atoms with Gasteiger partial charge in [0.1, 0.15) is 5.58 Å². The third-order valence-corrected chi connectivity index (χ3v) is 5.16. The van der Waals surface area contributed by atoms with Crippen molar-refractivity contribution in [2.24, 2.45) is 0 Å². The second kappa shape index (κ2) is 6.54. The zero-order valence-electron chi connectivity index (χ0n) is 13.4. The van der Waals surface area contributed by atoms with Crippen molar-refractivity contribution in [1.29, 1.82) is 0 Å². The van der Waals surface area contributed by atoms with E-state index in [4.69, 9.17) is 16.0 Å². The minimum Gasteiger partial charge on any atom is -0.450 e. The van der Waals surface area contributed by atoms with Gasteiger partial charge in [0.25, 0.3) is 5.91 Å². The minimum absolute atomic E-state index is 0.0169. The molecule has 0 unspecified atom stereocenters. The van der Waals surface area contributed by atoms with Gasteiger partial charge < -0.3 is 14.4 Å². The van der Waals surface area contributed by atoms with E-state index in [1.54, 1.807) is 18.2 Å². The van der Waals surface area contributed by atoms with Gasteiger partial charge in [-0.2, -0.15) is 0 Å². The third kappa shape index (κ3) is 2.65. The number of β-amino-alcohol motifs (C(OH)–C–C–N with tert-alkyl or cyclic N) is 1. The number of rotatable bonds is 3. The molecule has 0 bridgehead atoms. The van der Waals surface area contributed by atoms with Gasteiger partial charge in [0.15, 0.2) is 5.43 Å². The van der Waals surface area contributed by atoms with E-state index in [1.165, 1.54) is 4.90 Å². The molecule has 2 heterocycles. The van der Waals surface area contributed by atoms with Gasteiger partial charge in [0, 0.05) is 16.0 Å². The van der Waals surface area contributed by atoms with Crippen LogP contribution < -0.4 is 5.43 Å². The summed E-state index contributed by atoms with van der Waals surface area (Å²) < 4.78 is 6.59. The summed E-state index contributed by atoms with van der Waals surface area (Å²) in [5, 5.41) is 10.2. The van der Waals surface area contributed by atoms with Gasteiger partial charge in [0.2, 0.25) is 5.76 Å². The second-order valence-electron chi connectivity index (χ2n) is 5.99. The highest BCUT2D eigenvalue weighted by Gasteiger charge is 2.42. The number of carbonyl (C=O) groups excluding carboxylic acids is 1. The van der Waals surface area contributed by atoms with Gasteiger partial charge >= 0.3 is 0 Å². The number of carbonyl (C=O) groups is 1. The molecule has 0 radical (unpaired) electrons. The molecular weight excluding hydrogens is 422 g/mol. The Kier molecular flexibility index (Phi) is 4.34. The normalized spacial score (nSPS) is 16.3. The Hall–Kier alpha value is -2.15. The maximum Gasteiger partial charge on any atom is 0.290 e. The monoisotopic (exact) mass is 433 g/mol. The number of hydrogen-bond donors (Lipinski definition) is 1. The quantitative estimate of drug-likeness (QED) is 0.682. The van der Waals surface area contributed by atoms with E-state index in [-0.39, 0.29) is 29.9 Å². The molecule has 5 nitrogen and oxygen atoms in total. The fourth-order valence-electron chi connectivity index (χ4n) is 3.35. The lowest BCUT2D eigenvalue weighted by Crippen LogP contribution is -2.32. The average Bonchev–Trinajstić information content (AvgIpc) is 2.89. The van der Waals surface area contributed by atoms with Crippen LogP contribution in [0.25, 0.3) is 11.0 Å². The summed E-state index contributed by atoms with van der Waals surface area (Å²) in [6.45, 7) is -0.124. The SMILES string of the molecule is O=C1c2oc3ccc(Cl)cc3c(=O)c2[C@H](c2cccc(Br)c2)N1CCO.